The number of hydrogen-bond donors (Lipinski definition) is 2. The summed E-state index contributed by atoms with van der Waals surface area (Å²) in [6.45, 7) is 1.93. The molecule has 18 heavy (non-hydrogen) atoms. The van der Waals surface area contributed by atoms with E-state index in [9.17, 15) is 14.0 Å². The van der Waals surface area contributed by atoms with Crippen molar-refractivity contribution >= 4 is 11.9 Å². The number of unbranched alkanes of at least 4 members (excludes halogenated alkanes) is 1. The average Bonchev–Trinajstić information content (AvgIpc) is 2.34. The lowest BCUT2D eigenvalue weighted by Crippen LogP contribution is -2.41. The normalized spacial score (nSPS) is 11.9. The molecule has 1 rings (SSSR count). The van der Waals surface area contributed by atoms with Gasteiger partial charge in [-0.25, -0.2) is 14.2 Å². The van der Waals surface area contributed by atoms with Crippen LogP contribution in [-0.4, -0.2) is 28.0 Å². The SMILES string of the molecule is CCCCC(NC(=O)c1ccc(F)cn1)C(=O)O. The van der Waals surface area contributed by atoms with E-state index in [2.05, 4.69) is 10.3 Å². The zero-order valence-electron chi connectivity index (χ0n) is 10.0. The minimum absolute atomic E-state index is 0.000788. The highest BCUT2D eigenvalue weighted by Gasteiger charge is 2.20. The first-order chi connectivity index (χ1) is 8.54. The number of hydrogen-bond acceptors (Lipinski definition) is 3. The van der Waals surface area contributed by atoms with Crippen molar-refractivity contribution < 1.29 is 19.1 Å². The highest BCUT2D eigenvalue weighted by molar-refractivity contribution is 5.94. The van der Waals surface area contributed by atoms with E-state index < -0.39 is 23.7 Å². The van der Waals surface area contributed by atoms with Crippen molar-refractivity contribution in [2.24, 2.45) is 0 Å². The zero-order valence-corrected chi connectivity index (χ0v) is 10.0. The van der Waals surface area contributed by atoms with Gasteiger partial charge in [0.1, 0.15) is 17.6 Å². The molecular formula is C12H15FN2O3. The van der Waals surface area contributed by atoms with Gasteiger partial charge in [0.2, 0.25) is 0 Å². The summed E-state index contributed by atoms with van der Waals surface area (Å²) in [6, 6.07) is 1.37. The maximum Gasteiger partial charge on any atom is 0.326 e. The zero-order chi connectivity index (χ0) is 13.5. The molecule has 98 valence electrons. The number of rotatable bonds is 6. The Bertz CT molecular complexity index is 420. The van der Waals surface area contributed by atoms with Gasteiger partial charge < -0.3 is 10.4 Å². The van der Waals surface area contributed by atoms with Crippen molar-refractivity contribution in [2.75, 3.05) is 0 Å². The monoisotopic (exact) mass is 254 g/mol. The van der Waals surface area contributed by atoms with Crippen molar-refractivity contribution in [3.63, 3.8) is 0 Å². The highest BCUT2D eigenvalue weighted by Crippen LogP contribution is 2.03. The van der Waals surface area contributed by atoms with Crippen molar-refractivity contribution in [3.8, 4) is 0 Å². The Morgan fingerprint density at radius 2 is 2.22 bits per heavy atom. The van der Waals surface area contributed by atoms with Gasteiger partial charge in [-0.05, 0) is 18.6 Å². The maximum absolute atomic E-state index is 12.6. The second-order valence-corrected chi connectivity index (χ2v) is 3.87. The Hall–Kier alpha value is -1.98. The molecule has 0 bridgehead atoms. The molecule has 1 unspecified atom stereocenters. The molecule has 0 aliphatic rings. The van der Waals surface area contributed by atoms with Crippen LogP contribution in [0.5, 0.6) is 0 Å². The molecule has 0 aromatic carbocycles. The topological polar surface area (TPSA) is 79.3 Å². The molecule has 1 heterocycles. The van der Waals surface area contributed by atoms with E-state index in [0.717, 1.165) is 18.7 Å². The molecule has 0 saturated carbocycles. The number of halogens is 1. The molecule has 1 aromatic rings. The van der Waals surface area contributed by atoms with Gasteiger partial charge in [0.05, 0.1) is 6.20 Å². The summed E-state index contributed by atoms with van der Waals surface area (Å²) < 4.78 is 12.6. The first-order valence-corrected chi connectivity index (χ1v) is 5.69. The summed E-state index contributed by atoms with van der Waals surface area (Å²) in [5.41, 5.74) is -0.000788. The van der Waals surface area contributed by atoms with Crippen LogP contribution in [0.15, 0.2) is 18.3 Å². The van der Waals surface area contributed by atoms with Crippen LogP contribution < -0.4 is 5.32 Å². The first kappa shape index (κ1) is 14.1. The van der Waals surface area contributed by atoms with Gasteiger partial charge in [0.15, 0.2) is 0 Å². The molecular weight excluding hydrogens is 239 g/mol. The predicted molar refractivity (Wildman–Crippen MR) is 62.6 cm³/mol. The second-order valence-electron chi connectivity index (χ2n) is 3.87. The number of aromatic nitrogens is 1. The molecule has 0 aliphatic heterocycles. The average molecular weight is 254 g/mol. The van der Waals surface area contributed by atoms with Gasteiger partial charge in [0.25, 0.3) is 5.91 Å². The molecule has 6 heteroatoms. The van der Waals surface area contributed by atoms with Crippen LogP contribution in [0.25, 0.3) is 0 Å². The summed E-state index contributed by atoms with van der Waals surface area (Å²) in [4.78, 5) is 26.2. The number of carbonyl (C=O) groups is 2. The van der Waals surface area contributed by atoms with Crippen molar-refractivity contribution in [3.05, 3.63) is 29.8 Å². The van der Waals surface area contributed by atoms with E-state index >= 15 is 0 Å². The Kier molecular flexibility index (Phi) is 5.23. The molecule has 0 spiro atoms. The van der Waals surface area contributed by atoms with Crippen LogP contribution in [0.1, 0.15) is 36.7 Å². The summed E-state index contributed by atoms with van der Waals surface area (Å²) in [7, 11) is 0. The quantitative estimate of drug-likeness (QED) is 0.808. The Morgan fingerprint density at radius 1 is 1.50 bits per heavy atom. The number of amides is 1. The summed E-state index contributed by atoms with van der Waals surface area (Å²) in [5.74, 6) is -2.25. The van der Waals surface area contributed by atoms with Gasteiger partial charge in [-0.2, -0.15) is 0 Å². The van der Waals surface area contributed by atoms with E-state index in [1.807, 2.05) is 6.92 Å². The van der Waals surface area contributed by atoms with Crippen molar-refractivity contribution in [2.45, 2.75) is 32.2 Å². The molecule has 0 fully saturated rings. The lowest BCUT2D eigenvalue weighted by atomic mass is 10.1. The van der Waals surface area contributed by atoms with E-state index in [-0.39, 0.29) is 5.69 Å². The fourth-order valence-electron chi connectivity index (χ4n) is 1.41. The molecule has 1 atom stereocenters. The summed E-state index contributed by atoms with van der Waals surface area (Å²) >= 11 is 0. The Labute approximate surface area is 104 Å². The minimum Gasteiger partial charge on any atom is -0.480 e. The lowest BCUT2D eigenvalue weighted by molar-refractivity contribution is -0.139. The molecule has 1 aromatic heterocycles. The Balaban J connectivity index is 2.66. The summed E-state index contributed by atoms with van der Waals surface area (Å²) in [6.07, 6.45) is 2.82. The number of nitrogens with zero attached hydrogens (tertiary/aromatic N) is 1. The van der Waals surface area contributed by atoms with Crippen molar-refractivity contribution in [1.82, 2.24) is 10.3 Å². The van der Waals surface area contributed by atoms with Crippen LogP contribution >= 0.6 is 0 Å². The van der Waals surface area contributed by atoms with Crippen molar-refractivity contribution in [1.29, 1.82) is 0 Å². The van der Waals surface area contributed by atoms with Gasteiger partial charge in [0, 0.05) is 0 Å². The van der Waals surface area contributed by atoms with Gasteiger partial charge >= 0.3 is 5.97 Å². The van der Waals surface area contributed by atoms with E-state index in [0.29, 0.717) is 12.8 Å². The molecule has 0 aliphatic carbocycles. The smallest absolute Gasteiger partial charge is 0.326 e. The minimum atomic E-state index is -1.08. The van der Waals surface area contributed by atoms with Crippen LogP contribution in [0.4, 0.5) is 4.39 Å². The number of nitrogens with one attached hydrogen (secondary N) is 1. The van der Waals surface area contributed by atoms with Gasteiger partial charge in [-0.15, -0.1) is 0 Å². The van der Waals surface area contributed by atoms with Crippen LogP contribution in [0, 0.1) is 5.82 Å². The maximum atomic E-state index is 12.6. The van der Waals surface area contributed by atoms with E-state index in [1.54, 1.807) is 0 Å². The van der Waals surface area contributed by atoms with E-state index in [4.69, 9.17) is 5.11 Å². The fraction of sp³-hybridized carbons (Fsp3) is 0.417. The molecule has 0 radical (unpaired) electrons. The molecule has 0 saturated heterocycles. The second kappa shape index (κ2) is 6.68. The third kappa shape index (κ3) is 4.12. The number of carboxylic acids is 1. The van der Waals surface area contributed by atoms with Gasteiger partial charge in [-0.3, -0.25) is 4.79 Å². The number of carboxylic acid groups (broad SMARTS) is 1. The predicted octanol–water partition coefficient (Wildman–Crippen LogP) is 1.59. The molecule has 1 amide bonds. The van der Waals surface area contributed by atoms with Gasteiger partial charge in [-0.1, -0.05) is 19.8 Å². The van der Waals surface area contributed by atoms with Crippen LogP contribution in [-0.2, 0) is 4.79 Å². The summed E-state index contributed by atoms with van der Waals surface area (Å²) in [5, 5.41) is 11.3. The molecule has 5 nitrogen and oxygen atoms in total. The number of pyridine rings is 1. The standard InChI is InChI=1S/C12H15FN2O3/c1-2-3-4-10(12(17)18)15-11(16)9-6-5-8(13)7-14-9/h5-7,10H,2-4H2,1H3,(H,15,16)(H,17,18). The van der Waals surface area contributed by atoms with E-state index in [1.165, 1.54) is 6.07 Å². The first-order valence-electron chi connectivity index (χ1n) is 5.69. The third-order valence-corrected chi connectivity index (χ3v) is 2.41. The molecule has 2 N–H and O–H groups in total. The Morgan fingerprint density at radius 3 is 2.72 bits per heavy atom. The third-order valence-electron chi connectivity index (χ3n) is 2.41. The lowest BCUT2D eigenvalue weighted by Gasteiger charge is -2.13. The number of aliphatic carboxylic acids is 1. The van der Waals surface area contributed by atoms with Crippen LogP contribution in [0.2, 0.25) is 0 Å². The highest BCUT2D eigenvalue weighted by atomic mass is 19.1. The largest absolute Gasteiger partial charge is 0.480 e. The fourth-order valence-corrected chi connectivity index (χ4v) is 1.41. The van der Waals surface area contributed by atoms with Crippen LogP contribution in [0.3, 0.4) is 0 Å². The number of carbonyl (C=O) groups excluding carboxylic acids is 1.